The maximum Gasteiger partial charge on any atom is 0.122 e. The van der Waals surface area contributed by atoms with Gasteiger partial charge in [0.1, 0.15) is 5.75 Å². The molecule has 0 bridgehead atoms. The second-order valence-electron chi connectivity index (χ2n) is 4.28. The van der Waals surface area contributed by atoms with Crippen molar-refractivity contribution < 1.29 is 4.74 Å². The van der Waals surface area contributed by atoms with Crippen LogP contribution in [0.4, 0.5) is 0 Å². The molecule has 0 amide bonds. The molecule has 0 fully saturated rings. The van der Waals surface area contributed by atoms with Gasteiger partial charge < -0.3 is 15.4 Å². The second-order valence-corrected chi connectivity index (χ2v) is 4.28. The molecule has 0 aliphatic rings. The largest absolute Gasteiger partial charge is 0.496 e. The van der Waals surface area contributed by atoms with Crippen molar-refractivity contribution in [3.05, 3.63) is 29.8 Å². The van der Waals surface area contributed by atoms with E-state index in [1.54, 1.807) is 7.11 Å². The zero-order valence-corrected chi connectivity index (χ0v) is 10.4. The molecule has 90 valence electrons. The van der Waals surface area contributed by atoms with Gasteiger partial charge in [-0.1, -0.05) is 18.2 Å². The summed E-state index contributed by atoms with van der Waals surface area (Å²) in [5, 5.41) is 0. The Morgan fingerprint density at radius 1 is 1.31 bits per heavy atom. The molecule has 3 heteroatoms. The van der Waals surface area contributed by atoms with Crippen molar-refractivity contribution in [2.75, 3.05) is 34.3 Å². The molecule has 0 aromatic heterocycles. The highest BCUT2D eigenvalue weighted by atomic mass is 16.5. The molecule has 1 atom stereocenters. The van der Waals surface area contributed by atoms with Crippen molar-refractivity contribution in [2.24, 2.45) is 5.73 Å². The number of benzene rings is 1. The molecular weight excluding hydrogens is 200 g/mol. The highest BCUT2D eigenvalue weighted by Crippen LogP contribution is 2.28. The fourth-order valence-electron chi connectivity index (χ4n) is 1.99. The van der Waals surface area contributed by atoms with Crippen LogP contribution in [-0.2, 0) is 0 Å². The zero-order valence-electron chi connectivity index (χ0n) is 10.4. The molecule has 1 rings (SSSR count). The van der Waals surface area contributed by atoms with Gasteiger partial charge in [0.05, 0.1) is 7.11 Å². The summed E-state index contributed by atoms with van der Waals surface area (Å²) >= 11 is 0. The predicted molar refractivity (Wildman–Crippen MR) is 68.0 cm³/mol. The summed E-state index contributed by atoms with van der Waals surface area (Å²) in [4.78, 5) is 2.19. The highest BCUT2D eigenvalue weighted by Gasteiger charge is 2.15. The van der Waals surface area contributed by atoms with E-state index in [0.717, 1.165) is 18.7 Å². The van der Waals surface area contributed by atoms with E-state index >= 15 is 0 Å². The lowest BCUT2D eigenvalue weighted by Gasteiger charge is -2.22. The quantitative estimate of drug-likeness (QED) is 0.796. The summed E-state index contributed by atoms with van der Waals surface area (Å²) in [5.74, 6) is 1.40. The third kappa shape index (κ3) is 3.51. The average molecular weight is 222 g/mol. The fourth-order valence-corrected chi connectivity index (χ4v) is 1.99. The van der Waals surface area contributed by atoms with Crippen molar-refractivity contribution in [1.82, 2.24) is 4.90 Å². The van der Waals surface area contributed by atoms with E-state index in [0.29, 0.717) is 12.5 Å². The van der Waals surface area contributed by atoms with E-state index in [2.05, 4.69) is 31.1 Å². The summed E-state index contributed by atoms with van der Waals surface area (Å²) in [5.41, 5.74) is 6.93. The summed E-state index contributed by atoms with van der Waals surface area (Å²) < 4.78 is 5.39. The van der Waals surface area contributed by atoms with Gasteiger partial charge in [-0.2, -0.15) is 0 Å². The van der Waals surface area contributed by atoms with E-state index in [1.807, 2.05) is 12.1 Å². The molecule has 0 heterocycles. The lowest BCUT2D eigenvalue weighted by molar-refractivity contribution is 0.352. The molecule has 3 nitrogen and oxygen atoms in total. The minimum absolute atomic E-state index is 0.441. The van der Waals surface area contributed by atoms with Crippen LogP contribution in [0.25, 0.3) is 0 Å². The highest BCUT2D eigenvalue weighted by molar-refractivity contribution is 5.36. The molecule has 2 N–H and O–H groups in total. The van der Waals surface area contributed by atoms with Gasteiger partial charge in [-0.15, -0.1) is 0 Å². The van der Waals surface area contributed by atoms with Crippen LogP contribution in [0.2, 0.25) is 0 Å². The second kappa shape index (κ2) is 6.51. The minimum atomic E-state index is 0.441. The number of nitrogens with zero attached hydrogens (tertiary/aromatic N) is 1. The number of rotatable bonds is 6. The van der Waals surface area contributed by atoms with Crippen molar-refractivity contribution in [3.8, 4) is 5.75 Å². The Hall–Kier alpha value is -1.06. The number of para-hydroxylation sites is 1. The van der Waals surface area contributed by atoms with Gasteiger partial charge in [-0.05, 0) is 38.7 Å². The number of hydrogen-bond donors (Lipinski definition) is 1. The van der Waals surface area contributed by atoms with E-state index < -0.39 is 0 Å². The number of methoxy groups -OCH3 is 1. The van der Waals surface area contributed by atoms with Crippen LogP contribution in [0.15, 0.2) is 24.3 Å². The summed E-state index contributed by atoms with van der Waals surface area (Å²) in [7, 11) is 5.88. The molecule has 1 unspecified atom stereocenters. The van der Waals surface area contributed by atoms with Crippen molar-refractivity contribution in [2.45, 2.75) is 12.3 Å². The van der Waals surface area contributed by atoms with E-state index in [1.165, 1.54) is 5.56 Å². The maximum absolute atomic E-state index is 5.67. The molecule has 0 saturated carbocycles. The molecule has 0 saturated heterocycles. The van der Waals surface area contributed by atoms with Gasteiger partial charge in [-0.3, -0.25) is 0 Å². The molecule has 0 radical (unpaired) electrons. The van der Waals surface area contributed by atoms with Crippen molar-refractivity contribution in [1.29, 1.82) is 0 Å². The smallest absolute Gasteiger partial charge is 0.122 e. The lowest BCUT2D eigenvalue weighted by atomic mass is 9.94. The first-order valence-corrected chi connectivity index (χ1v) is 5.66. The summed E-state index contributed by atoms with van der Waals surface area (Å²) in [6.07, 6.45) is 0.985. The van der Waals surface area contributed by atoms with Gasteiger partial charge in [0, 0.05) is 12.5 Å². The van der Waals surface area contributed by atoms with Gasteiger partial charge in [0.15, 0.2) is 0 Å². The topological polar surface area (TPSA) is 38.5 Å². The lowest BCUT2D eigenvalue weighted by Crippen LogP contribution is -2.22. The number of likely N-dealkylation sites (N-methyl/N-ethyl adjacent to an activating group) is 1. The number of nitrogens with two attached hydrogens (primary N) is 1. The zero-order chi connectivity index (χ0) is 12.0. The Labute approximate surface area is 98.2 Å². The first-order chi connectivity index (χ1) is 7.69. The van der Waals surface area contributed by atoms with Gasteiger partial charge >= 0.3 is 0 Å². The minimum Gasteiger partial charge on any atom is -0.496 e. The van der Waals surface area contributed by atoms with Crippen LogP contribution in [0.3, 0.4) is 0 Å². The Morgan fingerprint density at radius 3 is 2.56 bits per heavy atom. The normalized spacial score (nSPS) is 12.8. The third-order valence-electron chi connectivity index (χ3n) is 2.68. The first-order valence-electron chi connectivity index (χ1n) is 5.66. The first kappa shape index (κ1) is 13.0. The van der Waals surface area contributed by atoms with Crippen LogP contribution in [0.1, 0.15) is 17.9 Å². The van der Waals surface area contributed by atoms with Crippen molar-refractivity contribution >= 4 is 0 Å². The maximum atomic E-state index is 5.67. The molecule has 1 aromatic rings. The van der Waals surface area contributed by atoms with E-state index in [4.69, 9.17) is 10.5 Å². The van der Waals surface area contributed by atoms with Crippen LogP contribution in [-0.4, -0.2) is 39.2 Å². The van der Waals surface area contributed by atoms with Crippen LogP contribution < -0.4 is 10.5 Å². The monoisotopic (exact) mass is 222 g/mol. The van der Waals surface area contributed by atoms with Crippen LogP contribution >= 0.6 is 0 Å². The molecule has 16 heavy (non-hydrogen) atoms. The molecular formula is C13H22N2O. The average Bonchev–Trinajstić information content (AvgIpc) is 2.28. The summed E-state index contributed by atoms with van der Waals surface area (Å²) in [6, 6.07) is 8.19. The Morgan fingerprint density at radius 2 is 2.00 bits per heavy atom. The SMILES string of the molecule is COc1ccccc1C(CCN)CN(C)C. The fraction of sp³-hybridized carbons (Fsp3) is 0.538. The third-order valence-corrected chi connectivity index (χ3v) is 2.68. The van der Waals surface area contributed by atoms with Crippen LogP contribution in [0.5, 0.6) is 5.75 Å². The van der Waals surface area contributed by atoms with Crippen LogP contribution in [0, 0.1) is 0 Å². The van der Waals surface area contributed by atoms with Crippen molar-refractivity contribution in [3.63, 3.8) is 0 Å². The number of hydrogen-bond acceptors (Lipinski definition) is 3. The Balaban J connectivity index is 2.90. The Bertz CT molecular complexity index is 313. The van der Waals surface area contributed by atoms with E-state index in [9.17, 15) is 0 Å². The van der Waals surface area contributed by atoms with Gasteiger partial charge in [-0.25, -0.2) is 0 Å². The Kier molecular flexibility index (Phi) is 5.29. The van der Waals surface area contributed by atoms with Gasteiger partial charge in [0.2, 0.25) is 0 Å². The number of ether oxygens (including phenoxy) is 1. The molecule has 0 spiro atoms. The van der Waals surface area contributed by atoms with E-state index in [-0.39, 0.29) is 0 Å². The molecule has 0 aliphatic heterocycles. The molecule has 1 aromatic carbocycles. The standard InChI is InChI=1S/C13H22N2O/c1-15(2)10-11(8-9-14)12-6-4-5-7-13(12)16-3/h4-7,11H,8-10,14H2,1-3H3. The molecule has 0 aliphatic carbocycles. The van der Waals surface area contributed by atoms with Gasteiger partial charge in [0.25, 0.3) is 0 Å². The summed E-state index contributed by atoms with van der Waals surface area (Å²) in [6.45, 7) is 1.70. The predicted octanol–water partition coefficient (Wildman–Crippen LogP) is 1.69.